The molecule has 5 heteroatoms. The quantitative estimate of drug-likeness (QED) is 0.796. The van der Waals surface area contributed by atoms with E-state index in [-0.39, 0.29) is 11.9 Å². The molecule has 122 valence electrons. The number of rotatable bonds is 6. The zero-order chi connectivity index (χ0) is 16.7. The average molecular weight is 331 g/mol. The monoisotopic (exact) mass is 331 g/mol. The van der Waals surface area contributed by atoms with E-state index in [0.717, 1.165) is 12.1 Å². The van der Waals surface area contributed by atoms with Crippen LogP contribution < -0.4 is 10.6 Å². The van der Waals surface area contributed by atoms with Crippen molar-refractivity contribution >= 4 is 17.3 Å². The molecule has 0 spiro atoms. The molecule has 23 heavy (non-hydrogen) atoms. The van der Waals surface area contributed by atoms with Crippen molar-refractivity contribution in [1.29, 1.82) is 0 Å². The van der Waals surface area contributed by atoms with Crippen LogP contribution in [0.4, 0.5) is 4.39 Å². The summed E-state index contributed by atoms with van der Waals surface area (Å²) in [5, 5.41) is 7.11. The molecular weight excluding hydrogens is 309 g/mol. The molecule has 0 fully saturated rings. The third-order valence-corrected chi connectivity index (χ3v) is 3.68. The van der Waals surface area contributed by atoms with Crippen LogP contribution in [0.1, 0.15) is 17.2 Å². The van der Waals surface area contributed by atoms with Crippen LogP contribution in [0, 0.1) is 5.82 Å². The molecule has 0 aliphatic heterocycles. The first-order chi connectivity index (χ1) is 11.0. The predicted octanol–water partition coefficient (Wildman–Crippen LogP) is 3.09. The Bertz CT molecular complexity index is 614. The molecule has 2 aromatic rings. The Hall–Kier alpha value is -1.98. The largest absolute Gasteiger partial charge is 0.359 e. The van der Waals surface area contributed by atoms with Crippen molar-refractivity contribution in [2.75, 3.05) is 20.6 Å². The summed E-state index contributed by atoms with van der Waals surface area (Å²) >= 11 is 5.39. The van der Waals surface area contributed by atoms with E-state index in [1.54, 1.807) is 12.1 Å². The standard InChI is InChI=1S/C18H22FN3S/c1-22(2)13-17(15-6-4-3-5-7-15)21-18(23)20-12-14-8-10-16(19)11-9-14/h3-11,17H,12-13H2,1-2H3,(H2,20,21,23)/t17-/m0/s1. The van der Waals surface area contributed by atoms with Gasteiger partial charge in [0.25, 0.3) is 0 Å². The Morgan fingerprint density at radius 3 is 2.35 bits per heavy atom. The molecule has 0 heterocycles. The zero-order valence-electron chi connectivity index (χ0n) is 13.4. The van der Waals surface area contributed by atoms with Crippen molar-refractivity contribution in [3.05, 3.63) is 71.5 Å². The van der Waals surface area contributed by atoms with Crippen LogP contribution in [-0.2, 0) is 6.54 Å². The fraction of sp³-hybridized carbons (Fsp3) is 0.278. The molecule has 2 aromatic carbocycles. The van der Waals surface area contributed by atoms with Gasteiger partial charge in [0.2, 0.25) is 0 Å². The molecule has 0 saturated heterocycles. The minimum Gasteiger partial charge on any atom is -0.359 e. The van der Waals surface area contributed by atoms with Gasteiger partial charge in [0, 0.05) is 13.1 Å². The van der Waals surface area contributed by atoms with Gasteiger partial charge in [-0.25, -0.2) is 4.39 Å². The number of hydrogen-bond donors (Lipinski definition) is 2. The zero-order valence-corrected chi connectivity index (χ0v) is 14.2. The van der Waals surface area contributed by atoms with Gasteiger partial charge < -0.3 is 15.5 Å². The van der Waals surface area contributed by atoms with Crippen LogP contribution in [0.3, 0.4) is 0 Å². The molecule has 2 rings (SSSR count). The molecule has 0 unspecified atom stereocenters. The highest BCUT2D eigenvalue weighted by Gasteiger charge is 2.13. The van der Waals surface area contributed by atoms with Gasteiger partial charge in [-0.2, -0.15) is 0 Å². The van der Waals surface area contributed by atoms with E-state index in [2.05, 4.69) is 27.7 Å². The molecule has 0 saturated carbocycles. The second-order valence-corrected chi connectivity index (χ2v) is 6.09. The third kappa shape index (κ3) is 5.96. The van der Waals surface area contributed by atoms with Gasteiger partial charge >= 0.3 is 0 Å². The molecule has 0 amide bonds. The highest BCUT2D eigenvalue weighted by atomic mass is 32.1. The van der Waals surface area contributed by atoms with E-state index in [1.807, 2.05) is 32.3 Å². The SMILES string of the molecule is CN(C)C[C@H](NC(=S)NCc1ccc(F)cc1)c1ccccc1. The van der Waals surface area contributed by atoms with Gasteiger partial charge in [0.15, 0.2) is 5.11 Å². The topological polar surface area (TPSA) is 27.3 Å². The van der Waals surface area contributed by atoms with Crippen molar-refractivity contribution in [1.82, 2.24) is 15.5 Å². The van der Waals surface area contributed by atoms with Crippen LogP contribution in [0.25, 0.3) is 0 Å². The summed E-state index contributed by atoms with van der Waals surface area (Å²) in [7, 11) is 4.07. The van der Waals surface area contributed by atoms with E-state index >= 15 is 0 Å². The lowest BCUT2D eigenvalue weighted by atomic mass is 10.1. The maximum absolute atomic E-state index is 12.9. The second-order valence-electron chi connectivity index (χ2n) is 5.68. The van der Waals surface area contributed by atoms with E-state index in [0.29, 0.717) is 11.7 Å². The number of nitrogens with one attached hydrogen (secondary N) is 2. The van der Waals surface area contributed by atoms with Crippen LogP contribution in [0.2, 0.25) is 0 Å². The molecule has 0 aliphatic rings. The van der Waals surface area contributed by atoms with Crippen molar-refractivity contribution in [2.45, 2.75) is 12.6 Å². The molecular formula is C18H22FN3S. The molecule has 0 aliphatic carbocycles. The Labute approximate surface area is 142 Å². The lowest BCUT2D eigenvalue weighted by Crippen LogP contribution is -2.41. The summed E-state index contributed by atoms with van der Waals surface area (Å²) in [4.78, 5) is 2.12. The van der Waals surface area contributed by atoms with Gasteiger partial charge in [0.1, 0.15) is 5.82 Å². The maximum atomic E-state index is 12.9. The summed E-state index contributed by atoms with van der Waals surface area (Å²) < 4.78 is 12.9. The van der Waals surface area contributed by atoms with E-state index in [4.69, 9.17) is 12.2 Å². The minimum atomic E-state index is -0.232. The number of likely N-dealkylation sites (N-methyl/N-ethyl adjacent to an activating group) is 1. The van der Waals surface area contributed by atoms with Crippen LogP contribution in [-0.4, -0.2) is 30.7 Å². The van der Waals surface area contributed by atoms with Crippen LogP contribution >= 0.6 is 12.2 Å². The lowest BCUT2D eigenvalue weighted by molar-refractivity contribution is 0.362. The van der Waals surface area contributed by atoms with Crippen LogP contribution in [0.15, 0.2) is 54.6 Å². The Balaban J connectivity index is 1.93. The van der Waals surface area contributed by atoms with Gasteiger partial charge in [-0.15, -0.1) is 0 Å². The fourth-order valence-corrected chi connectivity index (χ4v) is 2.49. The van der Waals surface area contributed by atoms with Crippen molar-refractivity contribution in [3.63, 3.8) is 0 Å². The molecule has 1 atom stereocenters. The Morgan fingerprint density at radius 2 is 1.74 bits per heavy atom. The van der Waals surface area contributed by atoms with Gasteiger partial charge in [-0.3, -0.25) is 0 Å². The molecule has 0 bridgehead atoms. The average Bonchev–Trinajstić information content (AvgIpc) is 2.54. The maximum Gasteiger partial charge on any atom is 0.167 e. The number of nitrogens with zero attached hydrogens (tertiary/aromatic N) is 1. The lowest BCUT2D eigenvalue weighted by Gasteiger charge is -2.24. The third-order valence-electron chi connectivity index (χ3n) is 3.42. The number of hydrogen-bond acceptors (Lipinski definition) is 2. The van der Waals surface area contributed by atoms with Crippen molar-refractivity contribution in [2.24, 2.45) is 0 Å². The van der Waals surface area contributed by atoms with Gasteiger partial charge in [0.05, 0.1) is 6.04 Å². The normalized spacial score (nSPS) is 12.0. The minimum absolute atomic E-state index is 0.111. The van der Waals surface area contributed by atoms with E-state index in [1.165, 1.54) is 17.7 Å². The summed E-state index contributed by atoms with van der Waals surface area (Å²) in [6.07, 6.45) is 0. The second kappa shape index (κ2) is 8.60. The number of thiocarbonyl (C=S) groups is 1. The van der Waals surface area contributed by atoms with Crippen molar-refractivity contribution in [3.8, 4) is 0 Å². The summed E-state index contributed by atoms with van der Waals surface area (Å²) in [6.45, 7) is 1.40. The van der Waals surface area contributed by atoms with Crippen LogP contribution in [0.5, 0.6) is 0 Å². The first-order valence-electron chi connectivity index (χ1n) is 7.53. The molecule has 2 N–H and O–H groups in total. The number of halogens is 1. The fourth-order valence-electron chi connectivity index (χ4n) is 2.28. The van der Waals surface area contributed by atoms with E-state index in [9.17, 15) is 4.39 Å². The Kier molecular flexibility index (Phi) is 6.50. The summed E-state index contributed by atoms with van der Waals surface area (Å²) in [5.41, 5.74) is 2.17. The molecule has 3 nitrogen and oxygen atoms in total. The molecule has 0 radical (unpaired) electrons. The number of benzene rings is 2. The van der Waals surface area contributed by atoms with Crippen molar-refractivity contribution < 1.29 is 4.39 Å². The van der Waals surface area contributed by atoms with Gasteiger partial charge in [-0.1, -0.05) is 42.5 Å². The summed E-state index contributed by atoms with van der Waals surface area (Å²) in [5.74, 6) is -0.232. The van der Waals surface area contributed by atoms with E-state index < -0.39 is 0 Å². The first kappa shape index (κ1) is 17.4. The summed E-state index contributed by atoms with van der Waals surface area (Å²) in [6, 6.07) is 16.7. The first-order valence-corrected chi connectivity index (χ1v) is 7.94. The smallest absolute Gasteiger partial charge is 0.167 e. The highest BCUT2D eigenvalue weighted by Crippen LogP contribution is 2.13. The molecule has 0 aromatic heterocycles. The highest BCUT2D eigenvalue weighted by molar-refractivity contribution is 7.80. The van der Waals surface area contributed by atoms with Gasteiger partial charge in [-0.05, 0) is 49.6 Å². The predicted molar refractivity (Wildman–Crippen MR) is 96.7 cm³/mol. The Morgan fingerprint density at radius 1 is 1.09 bits per heavy atom.